The van der Waals surface area contributed by atoms with Crippen LogP contribution in [-0.2, 0) is 24.3 Å². The summed E-state index contributed by atoms with van der Waals surface area (Å²) in [5.74, 6) is 2.52. The van der Waals surface area contributed by atoms with Crippen LogP contribution < -0.4 is 0 Å². The predicted octanol–water partition coefficient (Wildman–Crippen LogP) is 2.46. The van der Waals surface area contributed by atoms with Gasteiger partial charge in [-0.15, -0.1) is 22.0 Å². The predicted molar refractivity (Wildman–Crippen MR) is 89.3 cm³/mol. The maximum absolute atomic E-state index is 12.9. The van der Waals surface area contributed by atoms with Crippen molar-refractivity contribution in [3.05, 3.63) is 41.5 Å². The number of aromatic nitrogens is 3. The third-order valence-electron chi connectivity index (χ3n) is 4.53. The van der Waals surface area contributed by atoms with Crippen LogP contribution in [0.3, 0.4) is 0 Å². The quantitative estimate of drug-likeness (QED) is 0.850. The van der Waals surface area contributed by atoms with E-state index in [0.717, 1.165) is 31.2 Å². The first-order chi connectivity index (χ1) is 11.1. The Kier molecular flexibility index (Phi) is 3.64. The van der Waals surface area contributed by atoms with Crippen molar-refractivity contribution in [1.29, 1.82) is 0 Å². The van der Waals surface area contributed by atoms with Crippen molar-refractivity contribution in [1.82, 2.24) is 19.7 Å². The molecule has 0 saturated heterocycles. The van der Waals surface area contributed by atoms with Gasteiger partial charge in [0.05, 0.1) is 11.8 Å². The minimum Gasteiger partial charge on any atom is -0.332 e. The minimum absolute atomic E-state index is 0.00596. The highest BCUT2D eigenvalue weighted by atomic mass is 32.2. The van der Waals surface area contributed by atoms with E-state index in [1.165, 1.54) is 10.5 Å². The van der Waals surface area contributed by atoms with E-state index in [1.807, 2.05) is 17.0 Å². The maximum atomic E-state index is 12.9. The van der Waals surface area contributed by atoms with Crippen molar-refractivity contribution in [2.75, 3.05) is 6.54 Å². The second-order valence-electron chi connectivity index (χ2n) is 6.46. The Morgan fingerprint density at radius 3 is 2.87 bits per heavy atom. The zero-order valence-electron chi connectivity index (χ0n) is 13.4. The van der Waals surface area contributed by atoms with E-state index in [1.54, 1.807) is 11.8 Å². The molecule has 1 aromatic heterocycles. The number of benzene rings is 1. The van der Waals surface area contributed by atoms with Crippen LogP contribution in [0.4, 0.5) is 0 Å². The van der Waals surface area contributed by atoms with E-state index < -0.39 is 0 Å². The molecule has 1 atom stereocenters. The number of hydrogen-bond acceptors (Lipinski definition) is 4. The SMILES string of the molecule is CC(C)c1nnc2n1CCN(C(=O)[C@@H]1Cc3ccccc3S1)C2. The average molecular weight is 328 g/mol. The van der Waals surface area contributed by atoms with E-state index in [-0.39, 0.29) is 11.2 Å². The molecule has 2 aliphatic rings. The second-order valence-corrected chi connectivity index (χ2v) is 7.70. The first kappa shape index (κ1) is 14.8. The van der Waals surface area contributed by atoms with Crippen LogP contribution in [-0.4, -0.2) is 37.4 Å². The molecule has 0 unspecified atom stereocenters. The minimum atomic E-state index is 0.00596. The normalized spacial score (nSPS) is 19.8. The summed E-state index contributed by atoms with van der Waals surface area (Å²) in [7, 11) is 0. The molecule has 23 heavy (non-hydrogen) atoms. The van der Waals surface area contributed by atoms with Crippen LogP contribution in [0.25, 0.3) is 0 Å². The number of amides is 1. The monoisotopic (exact) mass is 328 g/mol. The zero-order chi connectivity index (χ0) is 16.0. The highest BCUT2D eigenvalue weighted by molar-refractivity contribution is 8.01. The van der Waals surface area contributed by atoms with Crippen LogP contribution in [0.1, 0.15) is 37.0 Å². The van der Waals surface area contributed by atoms with Gasteiger partial charge in [-0.1, -0.05) is 32.0 Å². The third kappa shape index (κ3) is 2.55. The fraction of sp³-hybridized carbons (Fsp3) is 0.471. The molecule has 1 amide bonds. The van der Waals surface area contributed by atoms with E-state index in [4.69, 9.17) is 0 Å². The van der Waals surface area contributed by atoms with Gasteiger partial charge < -0.3 is 9.47 Å². The first-order valence-electron chi connectivity index (χ1n) is 8.09. The molecular formula is C17H20N4OS. The standard InChI is InChI=1S/C17H20N4OS/c1-11(2)16-19-18-15-10-20(7-8-21(15)16)17(22)14-9-12-5-3-4-6-13(12)23-14/h3-6,11,14H,7-10H2,1-2H3/t14-/m0/s1. The molecule has 4 rings (SSSR count). The number of carbonyl (C=O) groups excluding carboxylic acids is 1. The average Bonchev–Trinajstić information content (AvgIpc) is 3.17. The molecule has 2 aliphatic heterocycles. The van der Waals surface area contributed by atoms with Gasteiger partial charge in [-0.2, -0.15) is 0 Å². The molecule has 2 aromatic rings. The summed E-state index contributed by atoms with van der Waals surface area (Å²) in [5, 5.41) is 8.59. The summed E-state index contributed by atoms with van der Waals surface area (Å²) in [5.41, 5.74) is 1.29. The van der Waals surface area contributed by atoms with E-state index in [0.29, 0.717) is 12.5 Å². The Balaban J connectivity index is 1.49. The number of carbonyl (C=O) groups is 1. The van der Waals surface area contributed by atoms with Crippen molar-refractivity contribution < 1.29 is 4.79 Å². The van der Waals surface area contributed by atoms with Crippen molar-refractivity contribution in [2.24, 2.45) is 0 Å². The molecule has 1 aromatic carbocycles. The summed E-state index contributed by atoms with van der Waals surface area (Å²) in [6.07, 6.45) is 0.833. The van der Waals surface area contributed by atoms with Crippen molar-refractivity contribution >= 4 is 17.7 Å². The van der Waals surface area contributed by atoms with Gasteiger partial charge in [0.1, 0.15) is 5.82 Å². The van der Waals surface area contributed by atoms with Crippen molar-refractivity contribution in [3.63, 3.8) is 0 Å². The molecule has 0 N–H and O–H groups in total. The molecule has 0 aliphatic carbocycles. The lowest BCUT2D eigenvalue weighted by atomic mass is 10.1. The van der Waals surface area contributed by atoms with Gasteiger partial charge in [-0.3, -0.25) is 4.79 Å². The second kappa shape index (κ2) is 5.67. The van der Waals surface area contributed by atoms with Crippen LogP contribution >= 0.6 is 11.8 Å². The summed E-state index contributed by atoms with van der Waals surface area (Å²) in [6.45, 7) is 6.37. The molecular weight excluding hydrogens is 308 g/mol. The van der Waals surface area contributed by atoms with E-state index >= 15 is 0 Å². The topological polar surface area (TPSA) is 51.0 Å². The fourth-order valence-corrected chi connectivity index (χ4v) is 4.60. The molecule has 0 spiro atoms. The number of nitrogens with zero attached hydrogens (tertiary/aromatic N) is 4. The molecule has 0 bridgehead atoms. The maximum Gasteiger partial charge on any atom is 0.236 e. The lowest BCUT2D eigenvalue weighted by Gasteiger charge is -2.30. The van der Waals surface area contributed by atoms with Gasteiger partial charge >= 0.3 is 0 Å². The highest BCUT2D eigenvalue weighted by Gasteiger charge is 2.33. The summed E-state index contributed by atoms with van der Waals surface area (Å²) >= 11 is 1.70. The van der Waals surface area contributed by atoms with Gasteiger partial charge in [-0.05, 0) is 18.1 Å². The molecule has 0 radical (unpaired) electrons. The van der Waals surface area contributed by atoms with Crippen molar-refractivity contribution in [2.45, 2.75) is 49.4 Å². The van der Waals surface area contributed by atoms with Gasteiger partial charge in [0.25, 0.3) is 0 Å². The Labute approximate surface area is 140 Å². The Morgan fingerprint density at radius 2 is 2.09 bits per heavy atom. The van der Waals surface area contributed by atoms with Crippen LogP contribution in [0, 0.1) is 0 Å². The van der Waals surface area contributed by atoms with Gasteiger partial charge in [-0.25, -0.2) is 0 Å². The van der Waals surface area contributed by atoms with E-state index in [2.05, 4.69) is 40.7 Å². The summed E-state index contributed by atoms with van der Waals surface area (Å²) in [4.78, 5) is 16.1. The number of rotatable bonds is 2. The lowest BCUT2D eigenvalue weighted by Crippen LogP contribution is -2.43. The smallest absolute Gasteiger partial charge is 0.236 e. The highest BCUT2D eigenvalue weighted by Crippen LogP contribution is 2.38. The van der Waals surface area contributed by atoms with Gasteiger partial charge in [0.2, 0.25) is 5.91 Å². The molecule has 0 saturated carbocycles. The van der Waals surface area contributed by atoms with Gasteiger partial charge in [0.15, 0.2) is 5.82 Å². The molecule has 0 fully saturated rings. The summed E-state index contributed by atoms with van der Waals surface area (Å²) < 4.78 is 2.17. The Morgan fingerprint density at radius 1 is 1.26 bits per heavy atom. The lowest BCUT2D eigenvalue weighted by molar-refractivity contribution is -0.132. The molecule has 3 heterocycles. The third-order valence-corrected chi connectivity index (χ3v) is 5.84. The largest absolute Gasteiger partial charge is 0.332 e. The van der Waals surface area contributed by atoms with Gasteiger partial charge in [0, 0.05) is 23.9 Å². The Hall–Kier alpha value is -1.82. The molecule has 6 heteroatoms. The molecule has 120 valence electrons. The van der Waals surface area contributed by atoms with E-state index in [9.17, 15) is 4.79 Å². The van der Waals surface area contributed by atoms with Crippen LogP contribution in [0.15, 0.2) is 29.2 Å². The van der Waals surface area contributed by atoms with Crippen molar-refractivity contribution in [3.8, 4) is 0 Å². The number of fused-ring (bicyclic) bond motifs is 2. The fourth-order valence-electron chi connectivity index (χ4n) is 3.32. The van der Waals surface area contributed by atoms with Crippen LogP contribution in [0.2, 0.25) is 0 Å². The van der Waals surface area contributed by atoms with Crippen LogP contribution in [0.5, 0.6) is 0 Å². The Bertz CT molecular complexity index is 730. The number of hydrogen-bond donors (Lipinski definition) is 0. The number of thioether (sulfide) groups is 1. The summed E-state index contributed by atoms with van der Waals surface area (Å²) in [6, 6.07) is 8.31. The zero-order valence-corrected chi connectivity index (χ0v) is 14.2. The molecule has 5 nitrogen and oxygen atoms in total. The first-order valence-corrected chi connectivity index (χ1v) is 8.97.